The topological polar surface area (TPSA) is 56.8 Å². The van der Waals surface area contributed by atoms with Gasteiger partial charge in [0.25, 0.3) is 5.91 Å². The number of benzene rings is 2. The summed E-state index contributed by atoms with van der Waals surface area (Å²) in [6.07, 6.45) is 5.46. The van der Waals surface area contributed by atoms with Crippen LogP contribution in [0.4, 0.5) is 0 Å². The van der Waals surface area contributed by atoms with Gasteiger partial charge in [-0.05, 0) is 81.3 Å². The molecule has 2 atom stereocenters. The molecule has 2 aromatic rings. The summed E-state index contributed by atoms with van der Waals surface area (Å²) >= 11 is 0. The number of hydrogen-bond donors (Lipinski definition) is 1. The molecule has 166 valence electrons. The number of carbonyl (C=O) groups is 1. The molecular weight excluding hydrogens is 390 g/mol. The van der Waals surface area contributed by atoms with Crippen molar-refractivity contribution >= 4 is 5.91 Å². The van der Waals surface area contributed by atoms with E-state index in [4.69, 9.17) is 14.2 Å². The molecule has 5 heteroatoms. The number of amides is 1. The lowest BCUT2D eigenvalue weighted by atomic mass is 9.89. The van der Waals surface area contributed by atoms with Gasteiger partial charge in [-0.25, -0.2) is 0 Å². The number of methoxy groups -OCH3 is 1. The highest BCUT2D eigenvalue weighted by molar-refractivity contribution is 5.81. The molecule has 1 aliphatic heterocycles. The van der Waals surface area contributed by atoms with Crippen LogP contribution in [0.5, 0.6) is 17.2 Å². The van der Waals surface area contributed by atoms with E-state index in [2.05, 4.69) is 17.4 Å². The lowest BCUT2D eigenvalue weighted by Crippen LogP contribution is -2.45. The Labute approximate surface area is 185 Å². The predicted octanol–water partition coefficient (Wildman–Crippen LogP) is 5.15. The van der Waals surface area contributed by atoms with E-state index >= 15 is 0 Å². The molecule has 0 saturated carbocycles. The van der Waals surface area contributed by atoms with Crippen molar-refractivity contribution in [3.05, 3.63) is 53.1 Å². The fraction of sp³-hybridized carbons (Fsp3) is 0.500. The number of rotatable bonds is 6. The quantitative estimate of drug-likeness (QED) is 0.698. The van der Waals surface area contributed by atoms with Crippen LogP contribution in [0, 0.1) is 0 Å². The van der Waals surface area contributed by atoms with Gasteiger partial charge in [-0.1, -0.05) is 13.0 Å². The van der Waals surface area contributed by atoms with Crippen LogP contribution < -0.4 is 19.5 Å². The second kappa shape index (κ2) is 8.81. The minimum atomic E-state index is -0.533. The fourth-order valence-electron chi connectivity index (χ4n) is 4.62. The van der Waals surface area contributed by atoms with Crippen LogP contribution in [-0.4, -0.2) is 24.7 Å². The van der Waals surface area contributed by atoms with Gasteiger partial charge >= 0.3 is 0 Å². The molecule has 1 aliphatic carbocycles. The highest BCUT2D eigenvalue weighted by Crippen LogP contribution is 2.41. The van der Waals surface area contributed by atoms with Crippen molar-refractivity contribution < 1.29 is 19.0 Å². The molecule has 0 radical (unpaired) electrons. The molecule has 1 N–H and O–H groups in total. The maximum atomic E-state index is 13.2. The average Bonchev–Trinajstić information content (AvgIpc) is 2.76. The molecule has 5 nitrogen and oxygen atoms in total. The number of nitrogens with one attached hydrogen (secondary N) is 1. The van der Waals surface area contributed by atoms with Gasteiger partial charge in [-0.2, -0.15) is 0 Å². The third-order valence-electron chi connectivity index (χ3n) is 6.26. The Hall–Kier alpha value is -2.69. The van der Waals surface area contributed by atoms with E-state index in [1.54, 1.807) is 7.11 Å². The van der Waals surface area contributed by atoms with Crippen molar-refractivity contribution in [2.24, 2.45) is 0 Å². The van der Waals surface area contributed by atoms with Crippen LogP contribution >= 0.6 is 0 Å². The van der Waals surface area contributed by atoms with Gasteiger partial charge in [-0.15, -0.1) is 0 Å². The molecule has 2 aromatic carbocycles. The summed E-state index contributed by atoms with van der Waals surface area (Å²) in [5.41, 5.74) is 3.34. The number of ether oxygens (including phenoxy) is 3. The first kappa shape index (κ1) is 21.5. The molecule has 0 saturated heterocycles. The Bertz CT molecular complexity index is 952. The highest BCUT2D eigenvalue weighted by atomic mass is 16.5. The molecule has 2 aliphatic rings. The molecule has 31 heavy (non-hydrogen) atoms. The summed E-state index contributed by atoms with van der Waals surface area (Å²) in [7, 11) is 1.64. The number of carbonyl (C=O) groups excluding carboxylic acids is 1. The first-order chi connectivity index (χ1) is 14.9. The molecule has 0 fully saturated rings. The zero-order chi connectivity index (χ0) is 22.0. The molecule has 4 rings (SSSR count). The number of aryl methyl sites for hydroxylation is 2. The summed E-state index contributed by atoms with van der Waals surface area (Å²) in [6.45, 7) is 6.06. The highest BCUT2D eigenvalue weighted by Gasteiger charge is 2.36. The molecule has 0 aromatic heterocycles. The van der Waals surface area contributed by atoms with E-state index in [9.17, 15) is 4.79 Å². The lowest BCUT2D eigenvalue weighted by molar-refractivity contribution is -0.129. The van der Waals surface area contributed by atoms with Gasteiger partial charge in [0, 0.05) is 18.1 Å². The van der Waals surface area contributed by atoms with Crippen molar-refractivity contribution in [3.63, 3.8) is 0 Å². The Morgan fingerprint density at radius 2 is 1.87 bits per heavy atom. The average molecular weight is 424 g/mol. The SMILES string of the molecule is CC[C@@H](Oc1ccc2c(c1)CCCC2)C(=O)N[C@@H]1CC(C)(C)Oc2cc(OC)ccc21. The molecule has 1 amide bonds. The first-order valence-corrected chi connectivity index (χ1v) is 11.3. The zero-order valence-electron chi connectivity index (χ0n) is 19.0. The van der Waals surface area contributed by atoms with E-state index in [1.807, 2.05) is 45.0 Å². The van der Waals surface area contributed by atoms with Crippen molar-refractivity contribution in [3.8, 4) is 17.2 Å². The standard InChI is InChI=1S/C26H33NO4/c1-5-23(30-20-11-10-17-8-6-7-9-18(17)14-20)25(28)27-22-16-26(2,3)31-24-15-19(29-4)12-13-21(22)24/h10-15,22-23H,5-9,16H2,1-4H3,(H,27,28)/t22-,23-/m1/s1. The van der Waals surface area contributed by atoms with E-state index < -0.39 is 11.7 Å². The van der Waals surface area contributed by atoms with Crippen molar-refractivity contribution in [1.82, 2.24) is 5.32 Å². The van der Waals surface area contributed by atoms with E-state index in [0.717, 1.165) is 35.7 Å². The smallest absolute Gasteiger partial charge is 0.261 e. The van der Waals surface area contributed by atoms with Gasteiger partial charge < -0.3 is 19.5 Å². The third-order valence-corrected chi connectivity index (χ3v) is 6.26. The van der Waals surface area contributed by atoms with E-state index in [1.165, 1.54) is 24.0 Å². The van der Waals surface area contributed by atoms with E-state index in [0.29, 0.717) is 12.8 Å². The fourth-order valence-corrected chi connectivity index (χ4v) is 4.62. The number of fused-ring (bicyclic) bond motifs is 2. The van der Waals surface area contributed by atoms with Gasteiger partial charge in [0.1, 0.15) is 22.8 Å². The molecule has 0 bridgehead atoms. The Morgan fingerprint density at radius 1 is 1.13 bits per heavy atom. The van der Waals surface area contributed by atoms with Crippen LogP contribution in [0.25, 0.3) is 0 Å². The molecule has 0 spiro atoms. The van der Waals surface area contributed by atoms with E-state index in [-0.39, 0.29) is 11.9 Å². The van der Waals surface area contributed by atoms with Crippen LogP contribution in [-0.2, 0) is 17.6 Å². The minimum absolute atomic E-state index is 0.0929. The largest absolute Gasteiger partial charge is 0.497 e. The maximum Gasteiger partial charge on any atom is 0.261 e. The van der Waals surface area contributed by atoms with Gasteiger partial charge in [-0.3, -0.25) is 4.79 Å². The van der Waals surface area contributed by atoms with Gasteiger partial charge in [0.15, 0.2) is 6.10 Å². The molecule has 0 unspecified atom stereocenters. The van der Waals surface area contributed by atoms with Crippen molar-refractivity contribution in [1.29, 1.82) is 0 Å². The molecular formula is C26H33NO4. The lowest BCUT2D eigenvalue weighted by Gasteiger charge is -2.38. The van der Waals surface area contributed by atoms with Crippen LogP contribution in [0.2, 0.25) is 0 Å². The second-order valence-corrected chi connectivity index (χ2v) is 9.18. The molecule has 1 heterocycles. The van der Waals surface area contributed by atoms with Crippen molar-refractivity contribution in [2.75, 3.05) is 7.11 Å². The predicted molar refractivity (Wildman–Crippen MR) is 121 cm³/mol. The monoisotopic (exact) mass is 423 g/mol. The Kier molecular flexibility index (Phi) is 6.12. The third kappa shape index (κ3) is 4.81. The van der Waals surface area contributed by atoms with Gasteiger partial charge in [0.2, 0.25) is 0 Å². The Morgan fingerprint density at radius 3 is 2.61 bits per heavy atom. The summed E-state index contributed by atoms with van der Waals surface area (Å²) in [6, 6.07) is 11.9. The summed E-state index contributed by atoms with van der Waals surface area (Å²) < 4.78 is 17.6. The van der Waals surface area contributed by atoms with Crippen molar-refractivity contribution in [2.45, 2.75) is 77.0 Å². The van der Waals surface area contributed by atoms with Gasteiger partial charge in [0.05, 0.1) is 13.2 Å². The number of hydrogen-bond acceptors (Lipinski definition) is 4. The second-order valence-electron chi connectivity index (χ2n) is 9.18. The summed E-state index contributed by atoms with van der Waals surface area (Å²) in [5, 5.41) is 3.22. The summed E-state index contributed by atoms with van der Waals surface area (Å²) in [5.74, 6) is 2.18. The summed E-state index contributed by atoms with van der Waals surface area (Å²) in [4.78, 5) is 13.2. The minimum Gasteiger partial charge on any atom is -0.497 e. The van der Waals surface area contributed by atoms with Crippen LogP contribution in [0.3, 0.4) is 0 Å². The normalized spacial score (nSPS) is 19.9. The van der Waals surface area contributed by atoms with Crippen LogP contribution in [0.1, 0.15) is 69.2 Å². The van der Waals surface area contributed by atoms with Crippen LogP contribution in [0.15, 0.2) is 36.4 Å². The Balaban J connectivity index is 1.50. The first-order valence-electron chi connectivity index (χ1n) is 11.3. The maximum absolute atomic E-state index is 13.2. The zero-order valence-corrected chi connectivity index (χ0v) is 19.0.